The summed E-state index contributed by atoms with van der Waals surface area (Å²) in [5.41, 5.74) is 0. The van der Waals surface area contributed by atoms with E-state index in [1.807, 2.05) is 6.92 Å². The Hall–Kier alpha value is -0.400. The Kier molecular flexibility index (Phi) is 5.27. The molecule has 1 saturated carbocycles. The summed E-state index contributed by atoms with van der Waals surface area (Å²) < 4.78 is 11.1. The van der Waals surface area contributed by atoms with E-state index in [1.54, 1.807) is 6.26 Å². The van der Waals surface area contributed by atoms with Crippen LogP contribution in [0.1, 0.15) is 32.6 Å². The normalized spacial score (nSPS) is 30.5. The number of hydrogen-bond donors (Lipinski definition) is 1. The maximum atomic E-state index is 11.1. The number of rotatable bonds is 4. The highest BCUT2D eigenvalue weighted by Gasteiger charge is 2.25. The molecule has 0 aromatic rings. The zero-order valence-electron chi connectivity index (χ0n) is 9.53. The zero-order valence-corrected chi connectivity index (χ0v) is 10.3. The molecule has 0 aromatic carbocycles. The van der Waals surface area contributed by atoms with Crippen LogP contribution < -0.4 is 5.32 Å². The van der Waals surface area contributed by atoms with Gasteiger partial charge in [0.2, 0.25) is 0 Å². The van der Waals surface area contributed by atoms with Gasteiger partial charge in [-0.2, -0.15) is 5.26 Å². The summed E-state index contributed by atoms with van der Waals surface area (Å²) in [4.78, 5) is 0. The van der Waals surface area contributed by atoms with Crippen molar-refractivity contribution in [2.24, 2.45) is 5.92 Å². The maximum absolute atomic E-state index is 11.1. The van der Waals surface area contributed by atoms with Gasteiger partial charge in [-0.05, 0) is 19.8 Å². The topological polar surface area (TPSA) is 52.9 Å². The highest BCUT2D eigenvalue weighted by Crippen LogP contribution is 2.24. The molecule has 0 radical (unpaired) electrons. The van der Waals surface area contributed by atoms with E-state index >= 15 is 0 Å². The number of hydrogen-bond acceptors (Lipinski definition) is 3. The predicted octanol–water partition coefficient (Wildman–Crippen LogP) is 1.43. The van der Waals surface area contributed by atoms with Crippen molar-refractivity contribution in [1.82, 2.24) is 5.32 Å². The van der Waals surface area contributed by atoms with E-state index in [-0.39, 0.29) is 12.0 Å². The Bertz CT molecular complexity index is 262. The van der Waals surface area contributed by atoms with Crippen LogP contribution in [0.3, 0.4) is 0 Å². The van der Waals surface area contributed by atoms with E-state index in [9.17, 15) is 4.21 Å². The van der Waals surface area contributed by atoms with E-state index in [4.69, 9.17) is 5.26 Å². The van der Waals surface area contributed by atoms with Crippen LogP contribution in [-0.2, 0) is 10.8 Å². The molecule has 3 nitrogen and oxygen atoms in total. The monoisotopic (exact) mass is 228 g/mol. The third-order valence-electron chi connectivity index (χ3n) is 2.92. The summed E-state index contributed by atoms with van der Waals surface area (Å²) in [5, 5.41) is 12.4. The molecule has 0 saturated heterocycles. The second-order valence-corrected chi connectivity index (χ2v) is 5.91. The Morgan fingerprint density at radius 1 is 1.53 bits per heavy atom. The van der Waals surface area contributed by atoms with Gasteiger partial charge in [0.15, 0.2) is 0 Å². The van der Waals surface area contributed by atoms with E-state index in [2.05, 4.69) is 11.4 Å². The van der Waals surface area contributed by atoms with Crippen LogP contribution in [0.2, 0.25) is 0 Å². The second kappa shape index (κ2) is 6.24. The van der Waals surface area contributed by atoms with Gasteiger partial charge in [0.25, 0.3) is 0 Å². The van der Waals surface area contributed by atoms with Gasteiger partial charge in [-0.1, -0.05) is 12.8 Å². The molecule has 1 aliphatic carbocycles. The first kappa shape index (κ1) is 12.7. The average molecular weight is 228 g/mol. The Balaban J connectivity index is 2.41. The van der Waals surface area contributed by atoms with Crippen molar-refractivity contribution in [1.29, 1.82) is 5.26 Å². The lowest BCUT2D eigenvalue weighted by molar-refractivity contribution is 0.297. The van der Waals surface area contributed by atoms with Crippen LogP contribution in [0.5, 0.6) is 0 Å². The van der Waals surface area contributed by atoms with E-state index in [0.29, 0.717) is 11.8 Å². The van der Waals surface area contributed by atoms with Gasteiger partial charge >= 0.3 is 0 Å². The molecule has 0 aliphatic heterocycles. The fourth-order valence-corrected chi connectivity index (χ4v) is 3.05. The quantitative estimate of drug-likeness (QED) is 0.792. The lowest BCUT2D eigenvalue weighted by Crippen LogP contribution is -2.44. The molecule has 1 N–H and O–H groups in total. The molecule has 0 heterocycles. The standard InChI is InChI=1S/C11H20N2OS/c1-9(8-15(2)14)13-11-6-4-3-5-10(11)7-12/h9-11,13H,3-6,8H2,1-2H3. The third kappa shape index (κ3) is 4.31. The lowest BCUT2D eigenvalue weighted by Gasteiger charge is -2.30. The predicted molar refractivity (Wildman–Crippen MR) is 62.9 cm³/mol. The van der Waals surface area contributed by atoms with Gasteiger partial charge in [-0.3, -0.25) is 4.21 Å². The first-order chi connectivity index (χ1) is 7.13. The fraction of sp³-hybridized carbons (Fsp3) is 0.909. The van der Waals surface area contributed by atoms with Crippen molar-refractivity contribution >= 4 is 10.8 Å². The van der Waals surface area contributed by atoms with Crippen LogP contribution in [0.15, 0.2) is 0 Å². The van der Waals surface area contributed by atoms with Crippen LogP contribution in [0.4, 0.5) is 0 Å². The Morgan fingerprint density at radius 2 is 2.20 bits per heavy atom. The van der Waals surface area contributed by atoms with Gasteiger partial charge in [0.1, 0.15) is 0 Å². The minimum Gasteiger partial charge on any atom is -0.309 e. The highest BCUT2D eigenvalue weighted by molar-refractivity contribution is 7.84. The van der Waals surface area contributed by atoms with Crippen molar-refractivity contribution in [2.75, 3.05) is 12.0 Å². The minimum absolute atomic E-state index is 0.145. The van der Waals surface area contributed by atoms with Crippen LogP contribution in [0.25, 0.3) is 0 Å². The van der Waals surface area contributed by atoms with Gasteiger partial charge in [-0.25, -0.2) is 0 Å². The van der Waals surface area contributed by atoms with Crippen LogP contribution in [0, 0.1) is 17.2 Å². The Labute approximate surface area is 94.7 Å². The lowest BCUT2D eigenvalue weighted by atomic mass is 9.85. The molecule has 1 aliphatic rings. The van der Waals surface area contributed by atoms with Crippen molar-refractivity contribution < 1.29 is 4.21 Å². The number of nitrogens with one attached hydrogen (secondary N) is 1. The van der Waals surface area contributed by atoms with Crippen LogP contribution >= 0.6 is 0 Å². The van der Waals surface area contributed by atoms with E-state index < -0.39 is 10.8 Å². The van der Waals surface area contributed by atoms with Crippen molar-refractivity contribution in [3.8, 4) is 6.07 Å². The van der Waals surface area contributed by atoms with Crippen LogP contribution in [-0.4, -0.2) is 28.3 Å². The largest absolute Gasteiger partial charge is 0.309 e. The van der Waals surface area contributed by atoms with Gasteiger partial charge in [0.05, 0.1) is 12.0 Å². The molecule has 0 spiro atoms. The summed E-state index contributed by atoms with van der Waals surface area (Å²) >= 11 is 0. The second-order valence-electron chi connectivity index (χ2n) is 4.43. The molecule has 86 valence electrons. The van der Waals surface area contributed by atoms with Crippen molar-refractivity contribution in [2.45, 2.75) is 44.7 Å². The molecular weight excluding hydrogens is 208 g/mol. The minimum atomic E-state index is -0.759. The van der Waals surface area contributed by atoms with E-state index in [0.717, 1.165) is 12.8 Å². The van der Waals surface area contributed by atoms with Gasteiger partial charge in [0, 0.05) is 34.9 Å². The fourth-order valence-electron chi connectivity index (χ4n) is 2.25. The summed E-state index contributed by atoms with van der Waals surface area (Å²) in [5.74, 6) is 0.820. The molecule has 4 heteroatoms. The zero-order chi connectivity index (χ0) is 11.3. The summed E-state index contributed by atoms with van der Waals surface area (Å²) in [6.45, 7) is 2.05. The summed E-state index contributed by atoms with van der Waals surface area (Å²) in [6, 6.07) is 2.93. The maximum Gasteiger partial charge on any atom is 0.0672 e. The first-order valence-corrected chi connectivity index (χ1v) is 7.32. The summed E-state index contributed by atoms with van der Waals surface area (Å²) in [6.07, 6.45) is 6.19. The first-order valence-electron chi connectivity index (χ1n) is 5.59. The van der Waals surface area contributed by atoms with Gasteiger partial charge in [-0.15, -0.1) is 0 Å². The van der Waals surface area contributed by atoms with E-state index in [1.165, 1.54) is 12.8 Å². The SMILES string of the molecule is CC(CS(C)=O)NC1CCCCC1C#N. The molecule has 0 aromatic heterocycles. The third-order valence-corrected chi connectivity index (χ3v) is 3.88. The molecule has 1 fully saturated rings. The molecule has 4 atom stereocenters. The molecule has 0 amide bonds. The Morgan fingerprint density at radius 3 is 2.80 bits per heavy atom. The molecule has 0 bridgehead atoms. The van der Waals surface area contributed by atoms with Gasteiger partial charge < -0.3 is 5.32 Å². The highest BCUT2D eigenvalue weighted by atomic mass is 32.2. The molecule has 1 rings (SSSR count). The average Bonchev–Trinajstić information content (AvgIpc) is 2.17. The van der Waals surface area contributed by atoms with Crippen molar-refractivity contribution in [3.63, 3.8) is 0 Å². The summed E-state index contributed by atoms with van der Waals surface area (Å²) in [7, 11) is -0.759. The smallest absolute Gasteiger partial charge is 0.0672 e. The molecular formula is C11H20N2OS. The molecule has 15 heavy (non-hydrogen) atoms. The van der Waals surface area contributed by atoms with Crippen molar-refractivity contribution in [3.05, 3.63) is 0 Å². The molecule has 4 unspecified atom stereocenters. The number of nitrogens with zero attached hydrogens (tertiary/aromatic N) is 1. The number of nitriles is 1.